The lowest BCUT2D eigenvalue weighted by atomic mass is 10.1. The van der Waals surface area contributed by atoms with E-state index in [9.17, 15) is 4.79 Å². The van der Waals surface area contributed by atoms with Gasteiger partial charge < -0.3 is 4.52 Å². The van der Waals surface area contributed by atoms with E-state index in [2.05, 4.69) is 11.7 Å². The minimum absolute atomic E-state index is 0.00343. The van der Waals surface area contributed by atoms with Crippen LogP contribution in [-0.2, 0) is 6.42 Å². The number of ketones is 1. The first kappa shape index (κ1) is 9.09. The van der Waals surface area contributed by atoms with E-state index in [1.165, 1.54) is 0 Å². The maximum absolute atomic E-state index is 12.1. The van der Waals surface area contributed by atoms with E-state index >= 15 is 0 Å². The summed E-state index contributed by atoms with van der Waals surface area (Å²) in [6.45, 7) is 3.64. The fourth-order valence-corrected chi connectivity index (χ4v) is 2.03. The van der Waals surface area contributed by atoms with Crippen molar-refractivity contribution in [1.82, 2.24) is 5.16 Å². The average molecular weight is 211 g/mol. The Bertz CT molecular complexity index is 596. The summed E-state index contributed by atoms with van der Waals surface area (Å²) in [5.74, 6) is 0.606. The number of carbonyl (C=O) groups is 1. The van der Waals surface area contributed by atoms with Crippen LogP contribution in [0.25, 0.3) is 11.3 Å². The fourth-order valence-electron chi connectivity index (χ4n) is 2.03. The molecule has 0 saturated carbocycles. The Labute approximate surface area is 92.4 Å². The molecule has 78 valence electrons. The summed E-state index contributed by atoms with van der Waals surface area (Å²) in [5.41, 5.74) is 2.83. The first-order valence-corrected chi connectivity index (χ1v) is 5.06. The zero-order chi connectivity index (χ0) is 11.1. The first-order chi connectivity index (χ1) is 7.83. The topological polar surface area (TPSA) is 43.1 Å². The van der Waals surface area contributed by atoms with Gasteiger partial charge in [-0.25, -0.2) is 0 Å². The number of hydrogen-bond donors (Lipinski definition) is 0. The van der Waals surface area contributed by atoms with Crippen LogP contribution in [0.4, 0.5) is 0 Å². The predicted molar refractivity (Wildman–Crippen MR) is 59.3 cm³/mol. The van der Waals surface area contributed by atoms with Gasteiger partial charge in [0, 0.05) is 17.5 Å². The van der Waals surface area contributed by atoms with Crippen molar-refractivity contribution in [3.05, 3.63) is 53.8 Å². The normalized spacial score (nSPS) is 12.4. The number of hydrogen-bond acceptors (Lipinski definition) is 3. The Hall–Kier alpha value is -2.16. The summed E-state index contributed by atoms with van der Waals surface area (Å²) in [5, 5.41) is 3.96. The Morgan fingerprint density at radius 2 is 2.06 bits per heavy atom. The van der Waals surface area contributed by atoms with Gasteiger partial charge >= 0.3 is 0 Å². The molecule has 0 unspecified atom stereocenters. The number of nitrogens with zero attached hydrogens (tertiary/aromatic N) is 1. The molecule has 1 aliphatic rings. The molecule has 0 N–H and O–H groups in total. The summed E-state index contributed by atoms with van der Waals surface area (Å²) >= 11 is 0. The molecule has 0 atom stereocenters. The van der Waals surface area contributed by atoms with Crippen molar-refractivity contribution in [1.29, 1.82) is 0 Å². The van der Waals surface area contributed by atoms with Crippen molar-refractivity contribution in [2.75, 3.05) is 0 Å². The summed E-state index contributed by atoms with van der Waals surface area (Å²) in [6, 6.07) is 7.45. The molecule has 0 radical (unpaired) electrons. The van der Waals surface area contributed by atoms with Gasteiger partial charge in [-0.1, -0.05) is 35.5 Å². The molecule has 3 heteroatoms. The molecular weight excluding hydrogens is 202 g/mol. The molecule has 16 heavy (non-hydrogen) atoms. The molecule has 0 aliphatic heterocycles. The van der Waals surface area contributed by atoms with Crippen LogP contribution in [0.3, 0.4) is 0 Å². The van der Waals surface area contributed by atoms with Gasteiger partial charge in [-0.3, -0.25) is 4.79 Å². The van der Waals surface area contributed by atoms with Gasteiger partial charge in [0.2, 0.25) is 0 Å². The van der Waals surface area contributed by atoms with Crippen molar-refractivity contribution in [2.24, 2.45) is 0 Å². The molecule has 3 nitrogen and oxygen atoms in total. The largest absolute Gasteiger partial charge is 0.360 e. The molecule has 1 aromatic heterocycles. The van der Waals surface area contributed by atoms with E-state index in [4.69, 9.17) is 4.52 Å². The number of aromatic nitrogens is 1. The predicted octanol–water partition coefficient (Wildman–Crippen LogP) is 2.61. The Balaban J connectivity index is 2.26. The number of allylic oxidation sites excluding steroid dienone is 1. The minimum atomic E-state index is 0.00343. The van der Waals surface area contributed by atoms with E-state index in [-0.39, 0.29) is 5.78 Å². The van der Waals surface area contributed by atoms with Crippen molar-refractivity contribution in [3.8, 4) is 11.3 Å². The minimum Gasteiger partial charge on any atom is -0.360 e. The van der Waals surface area contributed by atoms with Gasteiger partial charge in [0.15, 0.2) is 11.5 Å². The standard InChI is InChI=1S/C13H9NO2/c1-2-5-10-11-12(14-16-10)8-6-3-4-7-9(8)13(11)15/h2-4,6-7H,1,5H2. The highest BCUT2D eigenvalue weighted by Crippen LogP contribution is 2.37. The van der Waals surface area contributed by atoms with E-state index in [1.54, 1.807) is 6.08 Å². The molecule has 1 aliphatic carbocycles. The van der Waals surface area contributed by atoms with Gasteiger partial charge in [0.25, 0.3) is 0 Å². The molecule has 3 rings (SSSR count). The maximum atomic E-state index is 12.1. The second kappa shape index (κ2) is 3.17. The quantitative estimate of drug-likeness (QED) is 0.612. The third-order valence-electron chi connectivity index (χ3n) is 2.75. The summed E-state index contributed by atoms with van der Waals surface area (Å²) in [7, 11) is 0. The second-order valence-electron chi connectivity index (χ2n) is 3.70. The zero-order valence-electron chi connectivity index (χ0n) is 8.56. The Morgan fingerprint density at radius 3 is 2.81 bits per heavy atom. The number of rotatable bonds is 2. The summed E-state index contributed by atoms with van der Waals surface area (Å²) in [6.07, 6.45) is 2.24. The van der Waals surface area contributed by atoms with Crippen LogP contribution in [0, 0.1) is 0 Å². The van der Waals surface area contributed by atoms with Crippen molar-refractivity contribution in [2.45, 2.75) is 6.42 Å². The third-order valence-corrected chi connectivity index (χ3v) is 2.75. The van der Waals surface area contributed by atoms with Crippen LogP contribution in [0.1, 0.15) is 21.7 Å². The highest BCUT2D eigenvalue weighted by atomic mass is 16.5. The van der Waals surface area contributed by atoms with Crippen LogP contribution in [0.15, 0.2) is 41.4 Å². The van der Waals surface area contributed by atoms with Crippen LogP contribution < -0.4 is 0 Å². The zero-order valence-corrected chi connectivity index (χ0v) is 8.56. The first-order valence-electron chi connectivity index (χ1n) is 5.06. The van der Waals surface area contributed by atoms with E-state index < -0.39 is 0 Å². The van der Waals surface area contributed by atoms with E-state index in [1.807, 2.05) is 24.3 Å². The monoisotopic (exact) mass is 211 g/mol. The fraction of sp³-hybridized carbons (Fsp3) is 0.0769. The number of carbonyl (C=O) groups excluding carboxylic acids is 1. The summed E-state index contributed by atoms with van der Waals surface area (Å²) < 4.78 is 5.16. The van der Waals surface area contributed by atoms with Crippen molar-refractivity contribution >= 4 is 5.78 Å². The average Bonchev–Trinajstić information content (AvgIpc) is 2.83. The second-order valence-corrected chi connectivity index (χ2v) is 3.70. The molecule has 0 fully saturated rings. The number of benzene rings is 1. The molecule has 0 amide bonds. The van der Waals surface area contributed by atoms with E-state index in [0.29, 0.717) is 29.0 Å². The Morgan fingerprint density at radius 1 is 1.31 bits per heavy atom. The van der Waals surface area contributed by atoms with Gasteiger partial charge in [0.05, 0.1) is 5.56 Å². The van der Waals surface area contributed by atoms with Gasteiger partial charge in [0.1, 0.15) is 5.69 Å². The lowest BCUT2D eigenvalue weighted by Crippen LogP contribution is -1.97. The van der Waals surface area contributed by atoms with Crippen LogP contribution in [-0.4, -0.2) is 10.9 Å². The van der Waals surface area contributed by atoms with Gasteiger partial charge in [-0.15, -0.1) is 6.58 Å². The SMILES string of the molecule is C=CCc1onc2c1C(=O)c1ccccc1-2. The lowest BCUT2D eigenvalue weighted by molar-refractivity contribution is 0.104. The van der Waals surface area contributed by atoms with Crippen LogP contribution in [0.5, 0.6) is 0 Å². The highest BCUT2D eigenvalue weighted by molar-refractivity contribution is 6.21. The highest BCUT2D eigenvalue weighted by Gasteiger charge is 2.33. The maximum Gasteiger partial charge on any atom is 0.199 e. The molecule has 1 aromatic carbocycles. The summed E-state index contributed by atoms with van der Waals surface area (Å²) in [4.78, 5) is 12.1. The smallest absolute Gasteiger partial charge is 0.199 e. The molecule has 0 bridgehead atoms. The molecule has 2 aromatic rings. The molecule has 1 heterocycles. The van der Waals surface area contributed by atoms with Gasteiger partial charge in [-0.05, 0) is 0 Å². The third kappa shape index (κ3) is 1.03. The van der Waals surface area contributed by atoms with Crippen LogP contribution >= 0.6 is 0 Å². The number of fused-ring (bicyclic) bond motifs is 3. The molecular formula is C13H9NO2. The lowest BCUT2D eigenvalue weighted by Gasteiger charge is -1.95. The molecule has 0 saturated heterocycles. The molecule has 0 spiro atoms. The van der Waals surface area contributed by atoms with Crippen LogP contribution in [0.2, 0.25) is 0 Å². The Kier molecular flexibility index (Phi) is 1.80. The van der Waals surface area contributed by atoms with Gasteiger partial charge in [-0.2, -0.15) is 0 Å². The van der Waals surface area contributed by atoms with Crippen molar-refractivity contribution < 1.29 is 9.32 Å². The van der Waals surface area contributed by atoms with Crippen molar-refractivity contribution in [3.63, 3.8) is 0 Å². The van der Waals surface area contributed by atoms with E-state index in [0.717, 1.165) is 5.56 Å².